The number of anilines is 1. The zero-order chi connectivity index (χ0) is 22.3. The summed E-state index contributed by atoms with van der Waals surface area (Å²) < 4.78 is 30.4. The van der Waals surface area contributed by atoms with Crippen molar-refractivity contribution in [2.45, 2.75) is 32.6 Å². The number of fused-ring (bicyclic) bond motifs is 1. The van der Waals surface area contributed by atoms with Gasteiger partial charge < -0.3 is 0 Å². The summed E-state index contributed by atoms with van der Waals surface area (Å²) in [6, 6.07) is 17.6. The van der Waals surface area contributed by atoms with Gasteiger partial charge in [-0.3, -0.25) is 14.1 Å². The van der Waals surface area contributed by atoms with Crippen molar-refractivity contribution in [1.82, 2.24) is 9.55 Å². The number of nitrogens with one attached hydrogen (secondary N) is 1. The highest BCUT2D eigenvalue weighted by Crippen LogP contribution is 2.25. The average Bonchev–Trinajstić information content (AvgIpc) is 2.67. The van der Waals surface area contributed by atoms with Gasteiger partial charge >= 0.3 is 0 Å². The van der Waals surface area contributed by atoms with Crippen molar-refractivity contribution in [3.05, 3.63) is 93.5 Å². The summed E-state index contributed by atoms with van der Waals surface area (Å²) in [5.41, 5.74) is 3.72. The zero-order valence-electron chi connectivity index (χ0n) is 17.8. The van der Waals surface area contributed by atoms with Crippen LogP contribution in [0.4, 0.5) is 5.69 Å². The van der Waals surface area contributed by atoms with Gasteiger partial charge in [0.1, 0.15) is 5.82 Å². The van der Waals surface area contributed by atoms with Crippen molar-refractivity contribution in [2.24, 2.45) is 0 Å². The molecule has 0 fully saturated rings. The van der Waals surface area contributed by atoms with E-state index in [4.69, 9.17) is 0 Å². The molecule has 0 saturated heterocycles. The Balaban J connectivity index is 1.79. The Labute approximate surface area is 181 Å². The van der Waals surface area contributed by atoms with Crippen LogP contribution in [0.1, 0.15) is 22.5 Å². The number of hydrogen-bond donors (Lipinski definition) is 1. The maximum Gasteiger partial charge on any atom is 0.265 e. The molecule has 31 heavy (non-hydrogen) atoms. The lowest BCUT2D eigenvalue weighted by atomic mass is 10.1. The van der Waals surface area contributed by atoms with Crippen LogP contribution in [-0.2, 0) is 10.0 Å². The predicted molar refractivity (Wildman–Crippen MR) is 124 cm³/mol. The first kappa shape index (κ1) is 20.8. The highest BCUT2D eigenvalue weighted by molar-refractivity contribution is 7.92. The van der Waals surface area contributed by atoms with E-state index in [9.17, 15) is 13.2 Å². The zero-order valence-corrected chi connectivity index (χ0v) is 18.6. The summed E-state index contributed by atoms with van der Waals surface area (Å²) in [7, 11) is -3.80. The molecule has 1 aromatic heterocycles. The molecule has 0 bridgehead atoms. The van der Waals surface area contributed by atoms with E-state index in [1.54, 1.807) is 63.2 Å². The minimum absolute atomic E-state index is 0.201. The lowest BCUT2D eigenvalue weighted by molar-refractivity contribution is 0.600. The number of benzene rings is 3. The van der Waals surface area contributed by atoms with Gasteiger partial charge in [0.15, 0.2) is 0 Å². The minimum Gasteiger partial charge on any atom is -0.280 e. The minimum atomic E-state index is -3.80. The highest BCUT2D eigenvalue weighted by Gasteiger charge is 2.20. The third kappa shape index (κ3) is 3.84. The van der Waals surface area contributed by atoms with Crippen LogP contribution in [0.25, 0.3) is 16.6 Å². The van der Waals surface area contributed by atoms with E-state index in [1.165, 1.54) is 4.57 Å². The van der Waals surface area contributed by atoms with Crippen LogP contribution >= 0.6 is 0 Å². The van der Waals surface area contributed by atoms with Gasteiger partial charge in [-0.25, -0.2) is 13.4 Å². The lowest BCUT2D eigenvalue weighted by Crippen LogP contribution is -2.22. The van der Waals surface area contributed by atoms with E-state index in [2.05, 4.69) is 9.71 Å². The molecule has 1 heterocycles. The molecule has 3 aromatic carbocycles. The van der Waals surface area contributed by atoms with E-state index in [0.717, 1.165) is 5.56 Å². The fourth-order valence-electron chi connectivity index (χ4n) is 4.05. The number of para-hydroxylation sites is 1. The molecule has 4 rings (SSSR count). The van der Waals surface area contributed by atoms with Gasteiger partial charge in [-0.2, -0.15) is 0 Å². The van der Waals surface area contributed by atoms with E-state index >= 15 is 0 Å². The third-order valence-electron chi connectivity index (χ3n) is 5.17. The molecule has 1 N–H and O–H groups in total. The molecular weight excluding hydrogens is 410 g/mol. The van der Waals surface area contributed by atoms with Crippen molar-refractivity contribution in [2.75, 3.05) is 4.72 Å². The van der Waals surface area contributed by atoms with Gasteiger partial charge in [0.25, 0.3) is 15.6 Å². The van der Waals surface area contributed by atoms with E-state index in [0.29, 0.717) is 39.2 Å². The van der Waals surface area contributed by atoms with Gasteiger partial charge in [-0.1, -0.05) is 35.9 Å². The second kappa shape index (κ2) is 7.67. The van der Waals surface area contributed by atoms with Gasteiger partial charge in [-0.15, -0.1) is 0 Å². The van der Waals surface area contributed by atoms with E-state index in [1.807, 2.05) is 25.1 Å². The van der Waals surface area contributed by atoms with E-state index < -0.39 is 10.0 Å². The normalized spacial score (nSPS) is 11.6. The Hall–Kier alpha value is -3.45. The Morgan fingerprint density at radius 1 is 0.871 bits per heavy atom. The van der Waals surface area contributed by atoms with Crippen molar-refractivity contribution in [3.8, 4) is 5.69 Å². The number of aromatic nitrogens is 2. The summed E-state index contributed by atoms with van der Waals surface area (Å²) in [5.74, 6) is 0.522. The number of nitrogens with zero attached hydrogens (tertiary/aromatic N) is 2. The Morgan fingerprint density at radius 3 is 2.26 bits per heavy atom. The molecule has 0 amide bonds. The van der Waals surface area contributed by atoms with Gasteiger partial charge in [-0.05, 0) is 69.2 Å². The largest absolute Gasteiger partial charge is 0.280 e. The summed E-state index contributed by atoms with van der Waals surface area (Å²) >= 11 is 0. The van der Waals surface area contributed by atoms with Gasteiger partial charge in [0.2, 0.25) is 0 Å². The first-order chi connectivity index (χ1) is 14.7. The highest BCUT2D eigenvalue weighted by atomic mass is 32.2. The third-order valence-corrected chi connectivity index (χ3v) is 6.86. The van der Waals surface area contributed by atoms with Crippen molar-refractivity contribution in [3.63, 3.8) is 0 Å². The molecule has 0 unspecified atom stereocenters. The monoisotopic (exact) mass is 433 g/mol. The molecule has 7 heteroatoms. The molecule has 0 spiro atoms. The summed E-state index contributed by atoms with van der Waals surface area (Å²) in [6.07, 6.45) is 0. The molecule has 0 saturated carbocycles. The van der Waals surface area contributed by atoms with Gasteiger partial charge in [0.05, 0.1) is 27.2 Å². The second-order valence-electron chi connectivity index (χ2n) is 7.70. The molecule has 4 aromatic rings. The summed E-state index contributed by atoms with van der Waals surface area (Å²) in [6.45, 7) is 7.26. The van der Waals surface area contributed by atoms with Crippen molar-refractivity contribution >= 4 is 26.6 Å². The topological polar surface area (TPSA) is 81.1 Å². The molecule has 0 aliphatic rings. The first-order valence-electron chi connectivity index (χ1n) is 9.87. The first-order valence-corrected chi connectivity index (χ1v) is 11.4. The molecule has 0 aliphatic heterocycles. The number of aryl methyl sites for hydroxylation is 4. The summed E-state index contributed by atoms with van der Waals surface area (Å²) in [4.78, 5) is 17.9. The maximum absolute atomic E-state index is 13.1. The maximum atomic E-state index is 13.1. The van der Waals surface area contributed by atoms with Crippen LogP contribution in [0.5, 0.6) is 0 Å². The number of rotatable bonds is 4. The second-order valence-corrected chi connectivity index (χ2v) is 9.32. The van der Waals surface area contributed by atoms with Crippen molar-refractivity contribution in [1.29, 1.82) is 0 Å². The van der Waals surface area contributed by atoms with Crippen LogP contribution in [-0.4, -0.2) is 18.0 Å². The fourth-order valence-corrected chi connectivity index (χ4v) is 5.56. The SMILES string of the molecule is Cc1cc(C)c(S(=O)(=O)Nc2cccc(-n3c(C)nc4ccccc4c3=O)c2)c(C)c1. The fraction of sp³-hybridized carbons (Fsp3) is 0.167. The van der Waals surface area contributed by atoms with Crippen LogP contribution in [0, 0.1) is 27.7 Å². The number of sulfonamides is 1. The Bertz CT molecular complexity index is 1460. The average molecular weight is 434 g/mol. The smallest absolute Gasteiger partial charge is 0.265 e. The lowest BCUT2D eigenvalue weighted by Gasteiger charge is -2.15. The van der Waals surface area contributed by atoms with Crippen LogP contribution in [0.15, 0.2) is 70.4 Å². The molecule has 0 aliphatic carbocycles. The van der Waals surface area contributed by atoms with Crippen molar-refractivity contribution < 1.29 is 8.42 Å². The standard InChI is InChI=1S/C24H23N3O3S/c1-15-12-16(2)23(17(3)13-15)31(29,30)26-19-8-7-9-20(14-19)27-18(4)25-22-11-6-5-10-21(22)24(27)28/h5-14,26H,1-4H3. The molecule has 0 radical (unpaired) electrons. The predicted octanol–water partition coefficient (Wildman–Crippen LogP) is 4.42. The molecular formula is C24H23N3O3S. The Kier molecular flexibility index (Phi) is 5.15. The summed E-state index contributed by atoms with van der Waals surface area (Å²) in [5, 5.41) is 0.505. The van der Waals surface area contributed by atoms with Gasteiger partial charge in [0, 0.05) is 0 Å². The van der Waals surface area contributed by atoms with Crippen LogP contribution in [0.2, 0.25) is 0 Å². The quantitative estimate of drug-likeness (QED) is 0.517. The van der Waals surface area contributed by atoms with E-state index in [-0.39, 0.29) is 10.5 Å². The number of hydrogen-bond acceptors (Lipinski definition) is 4. The molecule has 0 atom stereocenters. The van der Waals surface area contributed by atoms with Crippen LogP contribution < -0.4 is 10.3 Å². The Morgan fingerprint density at radius 2 is 1.55 bits per heavy atom. The molecule has 6 nitrogen and oxygen atoms in total. The van der Waals surface area contributed by atoms with Crippen LogP contribution in [0.3, 0.4) is 0 Å². The molecule has 158 valence electrons.